The van der Waals surface area contributed by atoms with Crippen LogP contribution < -0.4 is 10.6 Å². The van der Waals surface area contributed by atoms with Gasteiger partial charge in [-0.15, -0.1) is 0 Å². The second kappa shape index (κ2) is 7.58. The zero-order valence-corrected chi connectivity index (χ0v) is 14.9. The van der Waals surface area contributed by atoms with Gasteiger partial charge in [0.2, 0.25) is 5.91 Å². The molecule has 6 nitrogen and oxygen atoms in total. The Morgan fingerprint density at radius 3 is 2.68 bits per heavy atom. The molecule has 0 fully saturated rings. The summed E-state index contributed by atoms with van der Waals surface area (Å²) in [5.41, 5.74) is 2.73. The number of anilines is 1. The number of nitrogens with zero attached hydrogens (tertiary/aromatic N) is 1. The van der Waals surface area contributed by atoms with Crippen LogP contribution in [-0.2, 0) is 4.79 Å². The molecule has 0 bridgehead atoms. The monoisotopic (exact) mass is 374 g/mol. The number of hydrogen-bond acceptors (Lipinski definition) is 4. The Labute approximate surface area is 153 Å². The molecule has 1 heterocycles. The van der Waals surface area contributed by atoms with Crippen molar-refractivity contribution in [3.8, 4) is 0 Å². The summed E-state index contributed by atoms with van der Waals surface area (Å²) < 4.78 is 0. The van der Waals surface area contributed by atoms with E-state index in [0.29, 0.717) is 26.9 Å². The average molecular weight is 375 g/mol. The second-order valence-corrected chi connectivity index (χ2v) is 6.60. The van der Waals surface area contributed by atoms with Gasteiger partial charge in [0.25, 0.3) is 5.91 Å². The Bertz CT molecular complexity index is 924. The van der Waals surface area contributed by atoms with Crippen molar-refractivity contribution >= 4 is 51.9 Å². The highest BCUT2D eigenvalue weighted by Gasteiger charge is 2.10. The molecule has 3 aromatic rings. The number of thioether (sulfide) groups is 1. The van der Waals surface area contributed by atoms with Crippen LogP contribution in [0.5, 0.6) is 0 Å². The van der Waals surface area contributed by atoms with Crippen LogP contribution in [0.2, 0.25) is 5.02 Å². The number of imidazole rings is 1. The number of fused-ring (bicyclic) bond motifs is 1. The molecule has 3 rings (SSSR count). The van der Waals surface area contributed by atoms with Crippen LogP contribution in [0.1, 0.15) is 10.4 Å². The molecule has 0 radical (unpaired) electrons. The topological polar surface area (TPSA) is 86.9 Å². The number of carbonyl (C=O) groups excluding carboxylic acids is 2. The first-order chi connectivity index (χ1) is 12.0. The number of rotatable bonds is 5. The van der Waals surface area contributed by atoms with Gasteiger partial charge in [0.15, 0.2) is 5.16 Å². The van der Waals surface area contributed by atoms with Gasteiger partial charge in [-0.05, 0) is 42.5 Å². The lowest BCUT2D eigenvalue weighted by Crippen LogP contribution is -2.17. The van der Waals surface area contributed by atoms with Gasteiger partial charge >= 0.3 is 0 Å². The van der Waals surface area contributed by atoms with E-state index in [1.54, 1.807) is 49.5 Å². The number of benzene rings is 2. The van der Waals surface area contributed by atoms with Crippen molar-refractivity contribution in [2.75, 3.05) is 18.1 Å². The van der Waals surface area contributed by atoms with Gasteiger partial charge in [0.1, 0.15) is 0 Å². The molecule has 0 saturated carbocycles. The minimum Gasteiger partial charge on any atom is -0.355 e. The molecule has 3 N–H and O–H groups in total. The van der Waals surface area contributed by atoms with Crippen molar-refractivity contribution in [2.45, 2.75) is 5.16 Å². The van der Waals surface area contributed by atoms with E-state index in [0.717, 1.165) is 5.52 Å². The lowest BCUT2D eigenvalue weighted by Gasteiger charge is -2.03. The molecule has 0 saturated heterocycles. The predicted octanol–water partition coefficient (Wildman–Crippen LogP) is 3.31. The average Bonchev–Trinajstić information content (AvgIpc) is 3.03. The predicted molar refractivity (Wildman–Crippen MR) is 100 cm³/mol. The summed E-state index contributed by atoms with van der Waals surface area (Å²) in [6.45, 7) is 0. The maximum Gasteiger partial charge on any atom is 0.251 e. The van der Waals surface area contributed by atoms with Crippen LogP contribution in [0.3, 0.4) is 0 Å². The smallest absolute Gasteiger partial charge is 0.251 e. The SMILES string of the molecule is CNC(=O)c1ccc2[nH]c(SCC(=O)Nc3ccc(Cl)cc3)nc2c1. The van der Waals surface area contributed by atoms with E-state index in [-0.39, 0.29) is 17.6 Å². The third kappa shape index (κ3) is 4.32. The number of carbonyl (C=O) groups is 2. The lowest BCUT2D eigenvalue weighted by atomic mass is 10.2. The van der Waals surface area contributed by atoms with Crippen LogP contribution in [0, 0.1) is 0 Å². The summed E-state index contributed by atoms with van der Waals surface area (Å²) in [4.78, 5) is 31.2. The van der Waals surface area contributed by atoms with E-state index in [1.807, 2.05) is 0 Å². The van der Waals surface area contributed by atoms with E-state index in [2.05, 4.69) is 20.6 Å². The van der Waals surface area contributed by atoms with E-state index in [1.165, 1.54) is 11.8 Å². The molecule has 0 atom stereocenters. The Balaban J connectivity index is 1.63. The van der Waals surface area contributed by atoms with Crippen LogP contribution >= 0.6 is 23.4 Å². The highest BCUT2D eigenvalue weighted by atomic mass is 35.5. The summed E-state index contributed by atoms with van der Waals surface area (Å²) in [5.74, 6) is -0.0923. The van der Waals surface area contributed by atoms with Gasteiger partial charge in [-0.1, -0.05) is 23.4 Å². The van der Waals surface area contributed by atoms with E-state index < -0.39 is 0 Å². The summed E-state index contributed by atoms with van der Waals surface area (Å²) in [5, 5.41) is 6.61. The maximum absolute atomic E-state index is 12.0. The van der Waals surface area contributed by atoms with Crippen molar-refractivity contribution in [3.63, 3.8) is 0 Å². The lowest BCUT2D eigenvalue weighted by molar-refractivity contribution is -0.113. The molecular weight excluding hydrogens is 360 g/mol. The first kappa shape index (κ1) is 17.3. The Morgan fingerprint density at radius 2 is 1.96 bits per heavy atom. The highest BCUT2D eigenvalue weighted by molar-refractivity contribution is 7.99. The fourth-order valence-electron chi connectivity index (χ4n) is 2.20. The van der Waals surface area contributed by atoms with Gasteiger partial charge in [0, 0.05) is 23.3 Å². The fraction of sp³-hybridized carbons (Fsp3) is 0.118. The largest absolute Gasteiger partial charge is 0.355 e. The number of aromatic nitrogens is 2. The molecular formula is C17H15ClN4O2S. The number of aromatic amines is 1. The summed E-state index contributed by atoms with van der Waals surface area (Å²) in [6, 6.07) is 12.1. The zero-order chi connectivity index (χ0) is 17.8. The first-order valence-electron chi connectivity index (χ1n) is 7.45. The minimum absolute atomic E-state index is 0.140. The van der Waals surface area contributed by atoms with Crippen molar-refractivity contribution in [1.82, 2.24) is 15.3 Å². The summed E-state index contributed by atoms with van der Waals surface area (Å²) in [7, 11) is 1.58. The molecule has 2 aromatic carbocycles. The van der Waals surface area contributed by atoms with Crippen molar-refractivity contribution in [1.29, 1.82) is 0 Å². The minimum atomic E-state index is -0.165. The zero-order valence-electron chi connectivity index (χ0n) is 13.3. The van der Waals surface area contributed by atoms with Crippen LogP contribution in [0.15, 0.2) is 47.6 Å². The molecule has 1 aromatic heterocycles. The van der Waals surface area contributed by atoms with Crippen molar-refractivity contribution < 1.29 is 9.59 Å². The summed E-state index contributed by atoms with van der Waals surface area (Å²) >= 11 is 7.11. The molecule has 0 aliphatic carbocycles. The van der Waals surface area contributed by atoms with Crippen LogP contribution in [0.4, 0.5) is 5.69 Å². The maximum atomic E-state index is 12.0. The number of hydrogen-bond donors (Lipinski definition) is 3. The first-order valence-corrected chi connectivity index (χ1v) is 8.81. The molecule has 128 valence electrons. The third-order valence-electron chi connectivity index (χ3n) is 3.42. The standard InChI is InChI=1S/C17H15ClN4O2S/c1-19-16(24)10-2-7-13-14(8-10)22-17(21-13)25-9-15(23)20-12-5-3-11(18)4-6-12/h2-8H,9H2,1H3,(H,19,24)(H,20,23)(H,21,22). The summed E-state index contributed by atoms with van der Waals surface area (Å²) in [6.07, 6.45) is 0. The molecule has 2 amide bonds. The van der Waals surface area contributed by atoms with E-state index >= 15 is 0 Å². The molecule has 0 unspecified atom stereocenters. The highest BCUT2D eigenvalue weighted by Crippen LogP contribution is 2.21. The van der Waals surface area contributed by atoms with Crippen molar-refractivity contribution in [2.24, 2.45) is 0 Å². The second-order valence-electron chi connectivity index (χ2n) is 5.20. The molecule has 8 heteroatoms. The number of nitrogens with one attached hydrogen (secondary N) is 3. The molecule has 0 spiro atoms. The quantitative estimate of drug-likeness (QED) is 0.598. The number of amides is 2. The number of H-pyrrole nitrogens is 1. The van der Waals surface area contributed by atoms with Crippen molar-refractivity contribution in [3.05, 3.63) is 53.1 Å². The Kier molecular flexibility index (Phi) is 5.25. The normalized spacial score (nSPS) is 10.6. The Morgan fingerprint density at radius 1 is 1.20 bits per heavy atom. The van der Waals surface area contributed by atoms with Crippen LogP contribution in [0.25, 0.3) is 11.0 Å². The van der Waals surface area contributed by atoms with Gasteiger partial charge in [0.05, 0.1) is 16.8 Å². The molecule has 0 aliphatic rings. The van der Waals surface area contributed by atoms with Gasteiger partial charge in [-0.25, -0.2) is 4.98 Å². The molecule has 25 heavy (non-hydrogen) atoms. The Hall–Kier alpha value is -2.51. The van der Waals surface area contributed by atoms with E-state index in [9.17, 15) is 9.59 Å². The van der Waals surface area contributed by atoms with Gasteiger partial charge in [-0.3, -0.25) is 9.59 Å². The third-order valence-corrected chi connectivity index (χ3v) is 4.54. The van der Waals surface area contributed by atoms with Crippen LogP contribution in [-0.4, -0.2) is 34.6 Å². The van der Waals surface area contributed by atoms with Gasteiger partial charge < -0.3 is 15.6 Å². The fourth-order valence-corrected chi connectivity index (χ4v) is 3.01. The van der Waals surface area contributed by atoms with Gasteiger partial charge in [-0.2, -0.15) is 0 Å². The van der Waals surface area contributed by atoms with E-state index in [4.69, 9.17) is 11.6 Å². The molecule has 0 aliphatic heterocycles. The number of halogens is 1.